The van der Waals surface area contributed by atoms with Crippen molar-refractivity contribution < 1.29 is 9.84 Å². The number of anilines is 2. The SMILES string of the molecule is CNc1nc(N)nc2c1sc(=O)n2C1CCC(CO)O1. The molecule has 1 aliphatic heterocycles. The lowest BCUT2D eigenvalue weighted by Crippen LogP contribution is -2.21. The Morgan fingerprint density at radius 1 is 1.55 bits per heavy atom. The van der Waals surface area contributed by atoms with Gasteiger partial charge in [-0.1, -0.05) is 11.3 Å². The quantitative estimate of drug-likeness (QED) is 0.738. The number of nitrogens with zero attached hydrogens (tertiary/aromatic N) is 3. The zero-order valence-electron chi connectivity index (χ0n) is 10.9. The Bertz CT molecular complexity index is 697. The van der Waals surface area contributed by atoms with E-state index in [1.807, 2.05) is 0 Å². The molecular weight excluding hydrogens is 282 g/mol. The second kappa shape index (κ2) is 5.00. The van der Waals surface area contributed by atoms with Gasteiger partial charge in [0.05, 0.1) is 12.7 Å². The van der Waals surface area contributed by atoms with Crippen LogP contribution in [0.3, 0.4) is 0 Å². The molecule has 0 spiro atoms. The minimum Gasteiger partial charge on any atom is -0.394 e. The number of fused-ring (bicyclic) bond motifs is 1. The number of ether oxygens (including phenoxy) is 1. The molecule has 0 amide bonds. The Balaban J connectivity index is 2.14. The van der Waals surface area contributed by atoms with E-state index in [1.165, 1.54) is 4.57 Å². The molecule has 1 saturated heterocycles. The number of hydrogen-bond donors (Lipinski definition) is 3. The molecule has 4 N–H and O–H groups in total. The lowest BCUT2D eigenvalue weighted by molar-refractivity contribution is -0.0214. The van der Waals surface area contributed by atoms with Crippen LogP contribution in [0.1, 0.15) is 19.1 Å². The van der Waals surface area contributed by atoms with Gasteiger partial charge in [0.1, 0.15) is 10.9 Å². The maximum Gasteiger partial charge on any atom is 0.311 e. The van der Waals surface area contributed by atoms with Crippen molar-refractivity contribution >= 4 is 33.5 Å². The van der Waals surface area contributed by atoms with Gasteiger partial charge in [-0.2, -0.15) is 9.97 Å². The largest absolute Gasteiger partial charge is 0.394 e. The smallest absolute Gasteiger partial charge is 0.311 e. The number of aliphatic hydroxyl groups is 1. The highest BCUT2D eigenvalue weighted by molar-refractivity contribution is 7.17. The van der Waals surface area contributed by atoms with Gasteiger partial charge in [-0.25, -0.2) is 0 Å². The first-order valence-electron chi connectivity index (χ1n) is 6.26. The van der Waals surface area contributed by atoms with E-state index in [0.29, 0.717) is 29.0 Å². The first kappa shape index (κ1) is 13.3. The van der Waals surface area contributed by atoms with E-state index >= 15 is 0 Å². The summed E-state index contributed by atoms with van der Waals surface area (Å²) >= 11 is 1.06. The molecule has 1 aliphatic rings. The van der Waals surface area contributed by atoms with Crippen LogP contribution in [0.2, 0.25) is 0 Å². The highest BCUT2D eigenvalue weighted by Gasteiger charge is 2.29. The molecule has 108 valence electrons. The van der Waals surface area contributed by atoms with Gasteiger partial charge < -0.3 is 20.9 Å². The third kappa shape index (κ3) is 2.03. The van der Waals surface area contributed by atoms with Crippen LogP contribution in [0.25, 0.3) is 10.3 Å². The first-order chi connectivity index (χ1) is 9.63. The molecule has 2 atom stereocenters. The van der Waals surface area contributed by atoms with Gasteiger partial charge in [-0.3, -0.25) is 9.36 Å². The highest BCUT2D eigenvalue weighted by Crippen LogP contribution is 2.32. The fraction of sp³-hybridized carbons (Fsp3) is 0.545. The molecular formula is C11H15N5O3S. The van der Waals surface area contributed by atoms with Crippen molar-refractivity contribution in [1.29, 1.82) is 0 Å². The van der Waals surface area contributed by atoms with Gasteiger partial charge in [-0.15, -0.1) is 0 Å². The summed E-state index contributed by atoms with van der Waals surface area (Å²) in [7, 11) is 1.71. The van der Waals surface area contributed by atoms with E-state index in [-0.39, 0.29) is 23.5 Å². The normalized spacial score (nSPS) is 22.5. The summed E-state index contributed by atoms with van der Waals surface area (Å²) in [6.07, 6.45) is 0.734. The van der Waals surface area contributed by atoms with E-state index < -0.39 is 6.23 Å². The summed E-state index contributed by atoms with van der Waals surface area (Å²) in [5.41, 5.74) is 6.15. The van der Waals surface area contributed by atoms with Crippen LogP contribution in [0, 0.1) is 0 Å². The summed E-state index contributed by atoms with van der Waals surface area (Å²) in [6, 6.07) is 0. The number of hydrogen-bond acceptors (Lipinski definition) is 8. The fourth-order valence-corrected chi connectivity index (χ4v) is 3.33. The minimum atomic E-state index is -0.410. The fourth-order valence-electron chi connectivity index (χ4n) is 2.37. The highest BCUT2D eigenvalue weighted by atomic mass is 32.1. The van der Waals surface area contributed by atoms with Crippen LogP contribution in [-0.2, 0) is 4.74 Å². The Morgan fingerprint density at radius 2 is 2.35 bits per heavy atom. The molecule has 0 saturated carbocycles. The van der Waals surface area contributed by atoms with Crippen molar-refractivity contribution in [1.82, 2.24) is 14.5 Å². The lowest BCUT2D eigenvalue weighted by Gasteiger charge is -2.13. The van der Waals surface area contributed by atoms with E-state index in [2.05, 4.69) is 15.3 Å². The summed E-state index contributed by atoms with van der Waals surface area (Å²) in [4.78, 5) is 20.3. The molecule has 0 radical (unpaired) electrons. The monoisotopic (exact) mass is 297 g/mol. The molecule has 2 unspecified atom stereocenters. The minimum absolute atomic E-state index is 0.0494. The average Bonchev–Trinajstić information content (AvgIpc) is 3.01. The number of nitrogen functional groups attached to an aromatic ring is 1. The van der Waals surface area contributed by atoms with Crippen molar-refractivity contribution in [3.05, 3.63) is 9.67 Å². The summed E-state index contributed by atoms with van der Waals surface area (Å²) in [6.45, 7) is -0.0494. The second-order valence-electron chi connectivity index (χ2n) is 4.54. The first-order valence-corrected chi connectivity index (χ1v) is 7.08. The number of aliphatic hydroxyl groups excluding tert-OH is 1. The third-order valence-electron chi connectivity index (χ3n) is 3.29. The van der Waals surface area contributed by atoms with Crippen molar-refractivity contribution in [2.45, 2.75) is 25.2 Å². The Hall–Kier alpha value is -1.71. The number of aromatic nitrogens is 3. The summed E-state index contributed by atoms with van der Waals surface area (Å²) < 4.78 is 7.81. The molecule has 20 heavy (non-hydrogen) atoms. The zero-order chi connectivity index (χ0) is 14.3. The topological polar surface area (TPSA) is 115 Å². The second-order valence-corrected chi connectivity index (χ2v) is 5.51. The Kier molecular flexibility index (Phi) is 3.32. The number of nitrogens with one attached hydrogen (secondary N) is 1. The predicted octanol–water partition coefficient (Wildman–Crippen LogP) is 0.147. The molecule has 3 rings (SSSR count). The standard InChI is InChI=1S/C11H15N5O3S/c1-13-8-7-9(15-10(12)14-8)16(11(18)20-7)6-3-2-5(4-17)19-6/h5-6,17H,2-4H2,1H3,(H3,12,13,14,15). The maximum atomic E-state index is 12.2. The van der Waals surface area contributed by atoms with Gasteiger partial charge >= 0.3 is 4.87 Å². The van der Waals surface area contributed by atoms with Gasteiger partial charge in [0.25, 0.3) is 0 Å². The number of thiazole rings is 1. The predicted molar refractivity (Wildman–Crippen MR) is 75.9 cm³/mol. The van der Waals surface area contributed by atoms with E-state index in [9.17, 15) is 4.79 Å². The van der Waals surface area contributed by atoms with Crippen molar-refractivity contribution in [2.75, 3.05) is 24.7 Å². The van der Waals surface area contributed by atoms with Crippen LogP contribution in [0.5, 0.6) is 0 Å². The van der Waals surface area contributed by atoms with E-state index in [1.54, 1.807) is 7.05 Å². The molecule has 0 bridgehead atoms. The van der Waals surface area contributed by atoms with E-state index in [0.717, 1.165) is 11.3 Å². The molecule has 3 heterocycles. The summed E-state index contributed by atoms with van der Waals surface area (Å²) in [5, 5.41) is 12.0. The van der Waals surface area contributed by atoms with Gasteiger partial charge in [0, 0.05) is 7.05 Å². The zero-order valence-corrected chi connectivity index (χ0v) is 11.7. The van der Waals surface area contributed by atoms with Crippen LogP contribution in [0.15, 0.2) is 4.79 Å². The summed E-state index contributed by atoms with van der Waals surface area (Å²) in [5.74, 6) is 0.634. The molecule has 8 nitrogen and oxygen atoms in total. The Morgan fingerprint density at radius 3 is 3.00 bits per heavy atom. The van der Waals surface area contributed by atoms with E-state index in [4.69, 9.17) is 15.6 Å². The third-order valence-corrected chi connectivity index (χ3v) is 4.24. The van der Waals surface area contributed by atoms with Gasteiger partial charge in [0.2, 0.25) is 5.95 Å². The molecule has 2 aromatic heterocycles. The van der Waals surface area contributed by atoms with Crippen molar-refractivity contribution in [2.24, 2.45) is 0 Å². The van der Waals surface area contributed by atoms with Crippen LogP contribution in [0.4, 0.5) is 11.8 Å². The van der Waals surface area contributed by atoms with Crippen molar-refractivity contribution in [3.8, 4) is 0 Å². The molecule has 9 heteroatoms. The lowest BCUT2D eigenvalue weighted by atomic mass is 10.2. The van der Waals surface area contributed by atoms with Crippen LogP contribution in [-0.4, -0.2) is 39.4 Å². The average molecular weight is 297 g/mol. The van der Waals surface area contributed by atoms with Crippen LogP contribution < -0.4 is 15.9 Å². The maximum absolute atomic E-state index is 12.2. The molecule has 0 aliphatic carbocycles. The molecule has 2 aromatic rings. The molecule has 1 fully saturated rings. The van der Waals surface area contributed by atoms with Gasteiger partial charge in [0.15, 0.2) is 11.5 Å². The van der Waals surface area contributed by atoms with Crippen LogP contribution >= 0.6 is 11.3 Å². The molecule has 0 aromatic carbocycles. The number of nitrogens with two attached hydrogens (primary N) is 1. The van der Waals surface area contributed by atoms with Crippen molar-refractivity contribution in [3.63, 3.8) is 0 Å². The van der Waals surface area contributed by atoms with Gasteiger partial charge in [-0.05, 0) is 12.8 Å². The number of rotatable bonds is 3. The Labute approximate surface area is 118 Å².